The number of para-hydroxylation sites is 2. The average molecular weight is 489 g/mol. The maximum Gasteiger partial charge on any atom is 0.117 e. The van der Waals surface area contributed by atoms with Gasteiger partial charge < -0.3 is 40.4 Å². The molecule has 0 saturated carbocycles. The first kappa shape index (κ1) is 25.2. The van der Waals surface area contributed by atoms with E-state index in [-0.39, 0.29) is 0 Å². The lowest BCUT2D eigenvalue weighted by molar-refractivity contribution is -0.705. The number of nitrogens with two attached hydrogens (primary N) is 2. The maximum atomic E-state index is 9.41. The predicted octanol–water partition coefficient (Wildman–Crippen LogP) is -0.606. The van der Waals surface area contributed by atoms with E-state index in [0.717, 1.165) is 25.2 Å². The number of aromatic amines is 2. The van der Waals surface area contributed by atoms with E-state index in [4.69, 9.17) is 0 Å². The van der Waals surface area contributed by atoms with Gasteiger partial charge in [0.1, 0.15) is 13.1 Å². The fourth-order valence-electron chi connectivity index (χ4n) is 4.91. The van der Waals surface area contributed by atoms with E-state index in [1.54, 1.807) is 0 Å². The number of H-pyrrole nitrogens is 2. The first-order valence-electron chi connectivity index (χ1n) is 12.3. The van der Waals surface area contributed by atoms with Gasteiger partial charge in [0.2, 0.25) is 0 Å². The van der Waals surface area contributed by atoms with Gasteiger partial charge in [0, 0.05) is 34.6 Å². The zero-order valence-electron chi connectivity index (χ0n) is 20.5. The Morgan fingerprint density at radius 3 is 1.53 bits per heavy atom. The molecule has 0 bridgehead atoms. The molecule has 0 aliphatic carbocycles. The van der Waals surface area contributed by atoms with Crippen molar-refractivity contribution in [3.8, 4) is 0 Å². The molecule has 0 spiro atoms. The largest absolute Gasteiger partial charge is 0.545 e. The van der Waals surface area contributed by atoms with Crippen molar-refractivity contribution in [2.24, 2.45) is 0 Å². The molecule has 36 heavy (non-hydrogen) atoms. The van der Waals surface area contributed by atoms with Crippen molar-refractivity contribution in [1.82, 2.24) is 9.97 Å². The first-order valence-corrected chi connectivity index (χ1v) is 12.3. The summed E-state index contributed by atoms with van der Waals surface area (Å²) in [5.74, 6) is -3.09. The molecule has 2 aliphatic heterocycles. The van der Waals surface area contributed by atoms with Crippen molar-refractivity contribution in [3.05, 3.63) is 83.2 Å². The number of hydrogen-bond acceptors (Lipinski definition) is 4. The summed E-state index contributed by atoms with van der Waals surface area (Å²) in [7, 11) is 0. The van der Waals surface area contributed by atoms with E-state index in [9.17, 15) is 19.8 Å². The molecule has 0 radical (unpaired) electrons. The summed E-state index contributed by atoms with van der Waals surface area (Å²) in [6.45, 7) is 6.80. The van der Waals surface area contributed by atoms with Crippen LogP contribution in [0.5, 0.6) is 0 Å². The smallest absolute Gasteiger partial charge is 0.117 e. The van der Waals surface area contributed by atoms with Crippen molar-refractivity contribution < 1.29 is 30.4 Å². The van der Waals surface area contributed by atoms with Gasteiger partial charge in [0.25, 0.3) is 0 Å². The van der Waals surface area contributed by atoms with Crippen LogP contribution in [0.2, 0.25) is 0 Å². The third-order valence-electron chi connectivity index (χ3n) is 6.66. The normalized spacial score (nSPS) is 18.5. The summed E-state index contributed by atoms with van der Waals surface area (Å²) in [6, 6.07) is 18.7. The van der Waals surface area contributed by atoms with Crippen LogP contribution >= 0.6 is 0 Å². The lowest BCUT2D eigenvalue weighted by Crippen LogP contribution is -2.89. The highest BCUT2D eigenvalue weighted by molar-refractivity contribution is 5.87. The van der Waals surface area contributed by atoms with Crippen molar-refractivity contribution in [2.75, 3.05) is 0 Å². The molecule has 8 heteroatoms. The molecule has 2 unspecified atom stereocenters. The monoisotopic (exact) mass is 488 g/mol. The van der Waals surface area contributed by atoms with E-state index >= 15 is 0 Å². The Labute approximate surface area is 209 Å². The van der Waals surface area contributed by atoms with Gasteiger partial charge in [0.05, 0.1) is 35.4 Å². The standard InChI is InChI=1S/2C12H14N2.C4H4O4/c2*1-8-6-10-9-4-2-3-5-11(9)14-12(10)7-13-8;5-3(6)1-2-4(7)8/h2*2-5,8,13-14H,6-7H2,1H3;1-2H,(H,5,6)(H,7,8)/b;;2-1-. The number of quaternary nitrogens is 2. The van der Waals surface area contributed by atoms with Crippen molar-refractivity contribution in [3.63, 3.8) is 0 Å². The molecule has 6 N–H and O–H groups in total. The number of carbonyl (C=O) groups is 2. The topological polar surface area (TPSA) is 145 Å². The van der Waals surface area contributed by atoms with Gasteiger partial charge in [-0.15, -0.1) is 0 Å². The Bertz CT molecular complexity index is 1300. The molecule has 2 aromatic carbocycles. The minimum Gasteiger partial charge on any atom is -0.545 e. The number of carbonyl (C=O) groups excluding carboxylic acids is 2. The molecule has 188 valence electrons. The number of carboxylic acids is 2. The quantitative estimate of drug-likeness (QED) is 0.279. The number of aromatic nitrogens is 2. The molecule has 0 saturated heterocycles. The van der Waals surface area contributed by atoms with Crippen LogP contribution in [0.15, 0.2) is 60.7 Å². The van der Waals surface area contributed by atoms with Crippen molar-refractivity contribution in [1.29, 1.82) is 0 Å². The minimum atomic E-state index is -1.55. The average Bonchev–Trinajstić information content (AvgIpc) is 3.41. The summed E-state index contributed by atoms with van der Waals surface area (Å²) in [4.78, 5) is 25.8. The fourth-order valence-corrected chi connectivity index (χ4v) is 4.91. The van der Waals surface area contributed by atoms with Crippen LogP contribution in [0.4, 0.5) is 0 Å². The van der Waals surface area contributed by atoms with E-state index in [1.165, 1.54) is 57.2 Å². The molecule has 6 rings (SSSR count). The molecule has 2 atom stereocenters. The zero-order valence-corrected chi connectivity index (χ0v) is 20.5. The third kappa shape index (κ3) is 6.02. The van der Waals surface area contributed by atoms with Crippen molar-refractivity contribution in [2.45, 2.75) is 51.9 Å². The molecule has 4 aromatic rings. The van der Waals surface area contributed by atoms with E-state index in [1.807, 2.05) is 0 Å². The van der Waals surface area contributed by atoms with Gasteiger partial charge in [-0.2, -0.15) is 0 Å². The molecule has 8 nitrogen and oxygen atoms in total. The van der Waals surface area contributed by atoms with Gasteiger partial charge in [-0.05, 0) is 49.3 Å². The number of fused-ring (bicyclic) bond motifs is 6. The highest BCUT2D eigenvalue weighted by Gasteiger charge is 2.22. The van der Waals surface area contributed by atoms with Gasteiger partial charge in [-0.1, -0.05) is 36.4 Å². The number of carboxylic acid groups (broad SMARTS) is 2. The minimum absolute atomic E-state index is 0.384. The maximum absolute atomic E-state index is 9.41. The number of hydrogen-bond donors (Lipinski definition) is 4. The highest BCUT2D eigenvalue weighted by Crippen LogP contribution is 2.25. The number of nitrogens with one attached hydrogen (secondary N) is 2. The van der Waals surface area contributed by atoms with Gasteiger partial charge in [-0.3, -0.25) is 0 Å². The van der Waals surface area contributed by atoms with E-state index in [2.05, 4.69) is 83.0 Å². The SMILES string of the molecule is CC1Cc2c([nH]c3ccccc23)C[NH2+]1.CC1Cc2c([nH]c3ccccc23)C[NH2+]1.O=C([O-])/C=C\C(=O)[O-]. The first-order chi connectivity index (χ1) is 17.3. The van der Waals surface area contributed by atoms with Crippen molar-refractivity contribution >= 4 is 33.7 Å². The molecular formula is C28H32N4O4. The molecule has 4 heterocycles. The molecule has 0 amide bonds. The Balaban J connectivity index is 0.000000133. The number of rotatable bonds is 2. The summed E-state index contributed by atoms with van der Waals surface area (Å²) < 4.78 is 0. The van der Waals surface area contributed by atoms with Crippen LogP contribution in [0, 0.1) is 0 Å². The highest BCUT2D eigenvalue weighted by atomic mass is 16.4. The summed E-state index contributed by atoms with van der Waals surface area (Å²) in [5, 5.41) is 26.5. The second-order valence-corrected chi connectivity index (χ2v) is 9.47. The fraction of sp³-hybridized carbons (Fsp3) is 0.286. The summed E-state index contributed by atoms with van der Waals surface area (Å²) in [5.41, 5.74) is 8.50. The number of benzene rings is 2. The molecular weight excluding hydrogens is 456 g/mol. The van der Waals surface area contributed by atoms with Gasteiger partial charge >= 0.3 is 0 Å². The Hall–Kier alpha value is -3.88. The lowest BCUT2D eigenvalue weighted by atomic mass is 10.00. The second-order valence-electron chi connectivity index (χ2n) is 9.47. The van der Waals surface area contributed by atoms with E-state index in [0.29, 0.717) is 12.2 Å². The van der Waals surface area contributed by atoms with Crippen LogP contribution in [0.25, 0.3) is 21.8 Å². The Morgan fingerprint density at radius 2 is 1.14 bits per heavy atom. The molecule has 2 aliphatic rings. The van der Waals surface area contributed by atoms with Crippen LogP contribution in [-0.2, 0) is 35.5 Å². The third-order valence-corrected chi connectivity index (χ3v) is 6.66. The molecule has 0 fully saturated rings. The Kier molecular flexibility index (Phi) is 7.87. The van der Waals surface area contributed by atoms with Crippen LogP contribution in [0.1, 0.15) is 36.4 Å². The van der Waals surface area contributed by atoms with Crippen LogP contribution in [0.3, 0.4) is 0 Å². The van der Waals surface area contributed by atoms with E-state index < -0.39 is 11.9 Å². The second kappa shape index (κ2) is 11.2. The molecule has 2 aromatic heterocycles. The van der Waals surface area contributed by atoms with Crippen LogP contribution in [-0.4, -0.2) is 34.0 Å². The lowest BCUT2D eigenvalue weighted by Gasteiger charge is -2.16. The summed E-state index contributed by atoms with van der Waals surface area (Å²) >= 11 is 0. The summed E-state index contributed by atoms with van der Waals surface area (Å²) in [6.07, 6.45) is 3.16. The Morgan fingerprint density at radius 1 is 0.750 bits per heavy atom. The van der Waals surface area contributed by atoms with Gasteiger partial charge in [0.15, 0.2) is 0 Å². The number of aliphatic carboxylic acids is 2. The van der Waals surface area contributed by atoms with Crippen LogP contribution < -0.4 is 20.8 Å². The van der Waals surface area contributed by atoms with Gasteiger partial charge in [-0.25, -0.2) is 0 Å². The predicted molar refractivity (Wildman–Crippen MR) is 133 cm³/mol. The zero-order chi connectivity index (χ0) is 25.7.